The third-order valence-electron chi connectivity index (χ3n) is 7.95. The molecule has 0 spiro atoms. The Bertz CT molecular complexity index is 728. The molecule has 0 aliphatic heterocycles. The van der Waals surface area contributed by atoms with E-state index in [1.54, 1.807) is 14.1 Å². The van der Waals surface area contributed by atoms with Gasteiger partial charge in [-0.1, -0.05) is 103 Å². The van der Waals surface area contributed by atoms with Crippen molar-refractivity contribution in [2.24, 2.45) is 0 Å². The van der Waals surface area contributed by atoms with Crippen LogP contribution < -0.4 is 0 Å². The van der Waals surface area contributed by atoms with Gasteiger partial charge >= 0.3 is 7.68 Å². The summed E-state index contributed by atoms with van der Waals surface area (Å²) in [5.41, 5.74) is -1.55. The Balaban J connectivity index is 0. The molecule has 2 unspecified atom stereocenters. The third kappa shape index (κ3) is 25.6. The summed E-state index contributed by atoms with van der Waals surface area (Å²) in [6, 6.07) is 0. The van der Waals surface area contributed by atoms with Crippen LogP contribution in [0.15, 0.2) is 12.2 Å². The van der Waals surface area contributed by atoms with Crippen LogP contribution in [0, 0.1) is 0 Å². The zero-order chi connectivity index (χ0) is 32.3. The average Bonchev–Trinajstić information content (AvgIpc) is 2.93. The number of carbonyl (C=O) groups is 1. The number of rotatable bonds is 27. The highest BCUT2D eigenvalue weighted by Gasteiger charge is 2.31. The van der Waals surface area contributed by atoms with Gasteiger partial charge in [0.25, 0.3) is 0 Å². The predicted molar refractivity (Wildman–Crippen MR) is 173 cm³/mol. The molecule has 0 bridgehead atoms. The average molecular weight is 621 g/mol. The van der Waals surface area contributed by atoms with E-state index in [1.165, 1.54) is 96.8 Å². The number of nitrogens with zero attached hydrogens (tertiary/aromatic N) is 1. The summed E-state index contributed by atoms with van der Waals surface area (Å²) in [6.45, 7) is 5.41. The molecule has 0 aromatic heterocycles. The van der Waals surface area contributed by atoms with Crippen molar-refractivity contribution >= 4 is 13.5 Å². The largest absolute Gasteiger partial charge is 0.393 e. The van der Waals surface area contributed by atoms with E-state index in [0.29, 0.717) is 19.4 Å². The van der Waals surface area contributed by atoms with Gasteiger partial charge < -0.3 is 24.9 Å². The van der Waals surface area contributed by atoms with Crippen molar-refractivity contribution in [3.63, 3.8) is 0 Å². The Morgan fingerprint density at radius 3 is 1.60 bits per heavy atom. The van der Waals surface area contributed by atoms with E-state index >= 15 is 0 Å². The predicted octanol–water partition coefficient (Wildman–Crippen LogP) is 7.57. The molecule has 2 atom stereocenters. The molecule has 0 fully saturated rings. The SMILES string of the molecule is CCC(P(=O)=O)[N+](C)(C)CCC(O)O.CCCCCCCCC=CCCCCCCCCCCCC(=O)C(C)(O)CO. The van der Waals surface area contributed by atoms with Crippen LogP contribution in [0.25, 0.3) is 0 Å². The molecule has 9 heteroatoms. The zero-order valence-electron chi connectivity index (χ0n) is 27.8. The molecule has 250 valence electrons. The van der Waals surface area contributed by atoms with Gasteiger partial charge in [-0.2, -0.15) is 0 Å². The number of quaternary nitrogens is 1. The lowest BCUT2D eigenvalue weighted by molar-refractivity contribution is -0.902. The van der Waals surface area contributed by atoms with Gasteiger partial charge in [0, 0.05) is 19.3 Å². The number of ketones is 1. The monoisotopic (exact) mass is 620 g/mol. The molecule has 4 N–H and O–H groups in total. The van der Waals surface area contributed by atoms with Gasteiger partial charge in [-0.15, -0.1) is 0 Å². The van der Waals surface area contributed by atoms with E-state index < -0.39 is 32.0 Å². The van der Waals surface area contributed by atoms with Crippen molar-refractivity contribution in [3.8, 4) is 0 Å². The van der Waals surface area contributed by atoms with Gasteiger partial charge in [-0.05, 0) is 39.0 Å². The van der Waals surface area contributed by atoms with E-state index in [1.807, 2.05) is 6.92 Å². The quantitative estimate of drug-likeness (QED) is 0.0245. The second-order valence-corrected chi connectivity index (χ2v) is 13.7. The standard InChI is InChI=1S/C25H48O3.C8H19NO4P/c1-3-4-5-6-7-8-9-10-11-12-13-14-15-16-17-18-19-20-21-22-24(27)25(2,28)23-26;1-4-7(14(12)13)9(2,3)6-5-8(10)11/h10-11,26,28H,3-9,12-23H2,1-2H3;7-8,10-11H,4-6H2,1-3H3/q;+1. The first-order valence-electron chi connectivity index (χ1n) is 16.7. The normalized spacial score (nSPS) is 14.0. The number of hydrogen-bond acceptors (Lipinski definition) is 7. The van der Waals surface area contributed by atoms with Crippen molar-refractivity contribution in [3.05, 3.63) is 12.2 Å². The molecule has 0 aromatic carbocycles. The van der Waals surface area contributed by atoms with Gasteiger partial charge in [0.05, 0.1) is 27.2 Å². The summed E-state index contributed by atoms with van der Waals surface area (Å²) >= 11 is 0. The van der Waals surface area contributed by atoms with E-state index in [2.05, 4.69) is 19.1 Å². The summed E-state index contributed by atoms with van der Waals surface area (Å²) in [5.74, 6) is -0.695. The lowest BCUT2D eigenvalue weighted by Gasteiger charge is -2.33. The molecule has 42 heavy (non-hydrogen) atoms. The highest BCUT2D eigenvalue weighted by atomic mass is 31.1. The minimum absolute atomic E-state index is 0.187. The van der Waals surface area contributed by atoms with Crippen LogP contribution in [0.1, 0.15) is 149 Å². The Hall–Kier alpha value is -0.890. The van der Waals surface area contributed by atoms with Crippen LogP contribution in [0.4, 0.5) is 0 Å². The molecule has 0 heterocycles. The lowest BCUT2D eigenvalue weighted by Crippen LogP contribution is -2.47. The van der Waals surface area contributed by atoms with E-state index in [4.69, 9.17) is 15.3 Å². The van der Waals surface area contributed by atoms with Gasteiger partial charge in [0.1, 0.15) is 5.60 Å². The van der Waals surface area contributed by atoms with Gasteiger partial charge in [-0.25, -0.2) is 9.13 Å². The lowest BCUT2D eigenvalue weighted by atomic mass is 9.96. The Labute approximate surface area is 258 Å². The van der Waals surface area contributed by atoms with Gasteiger partial charge in [0.15, 0.2) is 17.9 Å². The fraction of sp³-hybridized carbons (Fsp3) is 0.909. The third-order valence-corrected chi connectivity index (χ3v) is 9.43. The number of allylic oxidation sites excluding steroid dienone is 2. The zero-order valence-corrected chi connectivity index (χ0v) is 28.7. The molecule has 0 aromatic rings. The topological polar surface area (TPSA) is 132 Å². The summed E-state index contributed by atoms with van der Waals surface area (Å²) in [5, 5.41) is 36.0. The Kier molecular flexibility index (Phi) is 28.5. The van der Waals surface area contributed by atoms with Crippen molar-refractivity contribution in [1.29, 1.82) is 0 Å². The van der Waals surface area contributed by atoms with Crippen LogP contribution in [-0.2, 0) is 13.9 Å². The molecule has 8 nitrogen and oxygen atoms in total. The summed E-state index contributed by atoms with van der Waals surface area (Å²) in [7, 11) is 1.09. The molecule has 0 saturated carbocycles. The minimum Gasteiger partial charge on any atom is -0.393 e. The number of aliphatic hydroxyl groups is 4. The van der Waals surface area contributed by atoms with Gasteiger partial charge in [0.2, 0.25) is 0 Å². The smallest absolute Gasteiger partial charge is 0.375 e. The fourth-order valence-corrected chi connectivity index (χ4v) is 5.84. The second kappa shape index (κ2) is 27.6. The maximum Gasteiger partial charge on any atom is 0.375 e. The second-order valence-electron chi connectivity index (χ2n) is 12.5. The van der Waals surface area contributed by atoms with Crippen molar-refractivity contribution in [2.45, 2.75) is 167 Å². The summed E-state index contributed by atoms with van der Waals surface area (Å²) in [4.78, 5) is 11.7. The maximum absolute atomic E-state index is 11.7. The first-order valence-corrected chi connectivity index (χ1v) is 17.9. The minimum atomic E-state index is -2.47. The van der Waals surface area contributed by atoms with E-state index in [0.717, 1.165) is 19.3 Å². The molecule has 0 amide bonds. The molecule has 0 radical (unpaired) electrons. The first kappa shape index (κ1) is 43.2. The van der Waals surface area contributed by atoms with Crippen LogP contribution in [0.5, 0.6) is 0 Å². The van der Waals surface area contributed by atoms with Crippen LogP contribution in [0.3, 0.4) is 0 Å². The van der Waals surface area contributed by atoms with E-state index in [-0.39, 0.29) is 16.7 Å². The highest BCUT2D eigenvalue weighted by Crippen LogP contribution is 2.26. The number of hydrogen-bond donors (Lipinski definition) is 4. The highest BCUT2D eigenvalue weighted by molar-refractivity contribution is 7.31. The number of unbranched alkanes of at least 4 members (excludes halogenated alkanes) is 15. The molecular formula is C33H67NO7P+. The maximum atomic E-state index is 11.7. The molecule has 0 aliphatic carbocycles. The van der Waals surface area contributed by atoms with Crippen LogP contribution in [0.2, 0.25) is 0 Å². The van der Waals surface area contributed by atoms with Crippen LogP contribution in [-0.4, -0.2) is 75.6 Å². The Morgan fingerprint density at radius 1 is 0.786 bits per heavy atom. The first-order chi connectivity index (χ1) is 19.9. The van der Waals surface area contributed by atoms with Crippen molar-refractivity contribution in [2.75, 3.05) is 27.2 Å². The number of aliphatic hydroxyl groups excluding tert-OH is 2. The molecular weight excluding hydrogens is 553 g/mol. The molecule has 0 aliphatic rings. The molecule has 0 saturated heterocycles. The molecule has 0 rings (SSSR count). The Morgan fingerprint density at radius 2 is 1.21 bits per heavy atom. The van der Waals surface area contributed by atoms with Crippen molar-refractivity contribution < 1.29 is 38.8 Å². The van der Waals surface area contributed by atoms with Crippen molar-refractivity contribution in [1.82, 2.24) is 0 Å². The van der Waals surface area contributed by atoms with Crippen LogP contribution >= 0.6 is 7.68 Å². The fourth-order valence-electron chi connectivity index (χ4n) is 4.92. The number of carbonyl (C=O) groups excluding carboxylic acids is 1. The summed E-state index contributed by atoms with van der Waals surface area (Å²) in [6.07, 6.45) is 26.1. The van der Waals surface area contributed by atoms with E-state index in [9.17, 15) is 19.0 Å². The number of Topliss-reactive ketones (excluding diaryl/α,β-unsaturated/α-hetero) is 1. The van der Waals surface area contributed by atoms with Gasteiger partial charge in [-0.3, -0.25) is 4.79 Å². The summed E-state index contributed by atoms with van der Waals surface area (Å²) < 4.78 is 22.1.